The summed E-state index contributed by atoms with van der Waals surface area (Å²) < 4.78 is 1.68. The first kappa shape index (κ1) is 12.0. The Bertz CT molecular complexity index is 419. The summed E-state index contributed by atoms with van der Waals surface area (Å²) in [5.74, 6) is -0.190. The second-order valence-corrected chi connectivity index (χ2v) is 4.88. The molecule has 0 atom stereocenters. The van der Waals surface area contributed by atoms with Crippen LogP contribution in [-0.2, 0) is 7.05 Å². The minimum atomic E-state index is -0.716. The zero-order valence-electron chi connectivity index (χ0n) is 10.1. The van der Waals surface area contributed by atoms with Gasteiger partial charge in [-0.1, -0.05) is 12.8 Å². The molecule has 1 aromatic heterocycles. The van der Waals surface area contributed by atoms with Crippen LogP contribution in [0.3, 0.4) is 0 Å². The summed E-state index contributed by atoms with van der Waals surface area (Å²) in [6.07, 6.45) is 5.29. The number of carbonyl (C=O) groups excluding carboxylic acids is 1. The molecule has 0 aromatic carbocycles. The molecule has 1 aliphatic rings. The van der Waals surface area contributed by atoms with Crippen molar-refractivity contribution in [2.45, 2.75) is 31.3 Å². The average molecular weight is 237 g/mol. The van der Waals surface area contributed by atoms with Crippen LogP contribution < -0.4 is 11.1 Å². The number of aliphatic hydroxyl groups is 1. The van der Waals surface area contributed by atoms with Gasteiger partial charge < -0.3 is 20.7 Å². The van der Waals surface area contributed by atoms with Crippen LogP contribution in [0.1, 0.15) is 36.2 Å². The molecule has 1 aromatic rings. The molecule has 1 aliphatic carbocycles. The maximum Gasteiger partial charge on any atom is 0.268 e. The molecule has 1 fully saturated rings. The Kier molecular flexibility index (Phi) is 3.11. The van der Waals surface area contributed by atoms with Gasteiger partial charge in [0.15, 0.2) is 0 Å². The number of nitrogens with two attached hydrogens (primary N) is 1. The summed E-state index contributed by atoms with van der Waals surface area (Å²) in [6, 6.07) is 1.63. The molecule has 0 aliphatic heterocycles. The molecule has 4 N–H and O–H groups in total. The third-order valence-corrected chi connectivity index (χ3v) is 3.37. The predicted molar refractivity (Wildman–Crippen MR) is 65.6 cm³/mol. The van der Waals surface area contributed by atoms with Crippen LogP contribution in [0.2, 0.25) is 0 Å². The lowest BCUT2D eigenvalue weighted by atomic mass is 10.0. The molecular formula is C12H19N3O2. The number of rotatable bonds is 3. The number of carbonyl (C=O) groups is 1. The molecule has 1 heterocycles. The van der Waals surface area contributed by atoms with Crippen molar-refractivity contribution in [3.63, 3.8) is 0 Å². The minimum absolute atomic E-state index is 0.190. The van der Waals surface area contributed by atoms with Gasteiger partial charge in [0.25, 0.3) is 5.91 Å². The first-order valence-corrected chi connectivity index (χ1v) is 5.93. The second-order valence-electron chi connectivity index (χ2n) is 4.88. The van der Waals surface area contributed by atoms with Gasteiger partial charge in [0, 0.05) is 19.8 Å². The smallest absolute Gasteiger partial charge is 0.268 e. The number of aromatic nitrogens is 1. The first-order valence-electron chi connectivity index (χ1n) is 5.93. The van der Waals surface area contributed by atoms with Gasteiger partial charge in [-0.2, -0.15) is 0 Å². The molecule has 1 amide bonds. The maximum atomic E-state index is 11.9. The van der Waals surface area contributed by atoms with Crippen molar-refractivity contribution in [1.82, 2.24) is 9.88 Å². The zero-order valence-corrected chi connectivity index (χ0v) is 10.1. The van der Waals surface area contributed by atoms with Crippen molar-refractivity contribution in [1.29, 1.82) is 0 Å². The highest BCUT2D eigenvalue weighted by molar-refractivity contribution is 5.93. The number of nitrogens with one attached hydrogen (secondary N) is 1. The topological polar surface area (TPSA) is 80.3 Å². The van der Waals surface area contributed by atoms with Gasteiger partial charge in [0.05, 0.1) is 11.3 Å². The molecule has 94 valence electrons. The fourth-order valence-electron chi connectivity index (χ4n) is 2.36. The molecule has 0 radical (unpaired) electrons. The summed E-state index contributed by atoms with van der Waals surface area (Å²) in [6.45, 7) is 0.316. The van der Waals surface area contributed by atoms with Gasteiger partial charge in [-0.15, -0.1) is 0 Å². The van der Waals surface area contributed by atoms with Crippen molar-refractivity contribution >= 4 is 11.6 Å². The molecule has 1 saturated carbocycles. The minimum Gasteiger partial charge on any atom is -0.397 e. The number of aryl methyl sites for hydroxylation is 1. The quantitative estimate of drug-likeness (QED) is 0.721. The van der Waals surface area contributed by atoms with Crippen LogP contribution in [0.15, 0.2) is 12.3 Å². The zero-order chi connectivity index (χ0) is 12.5. The molecule has 2 rings (SSSR count). The van der Waals surface area contributed by atoms with E-state index in [4.69, 9.17) is 5.73 Å². The van der Waals surface area contributed by atoms with Crippen LogP contribution >= 0.6 is 0 Å². The number of anilines is 1. The number of nitrogens with zero attached hydrogens (tertiary/aromatic N) is 1. The predicted octanol–water partition coefficient (Wildman–Crippen LogP) is 0.642. The SMILES string of the molecule is Cn1cc(N)cc1C(=O)NCC1(O)CCCC1. The molecule has 0 spiro atoms. The fourth-order valence-corrected chi connectivity index (χ4v) is 2.36. The Morgan fingerprint density at radius 3 is 2.76 bits per heavy atom. The third-order valence-electron chi connectivity index (χ3n) is 3.37. The van der Waals surface area contributed by atoms with E-state index in [0.29, 0.717) is 17.9 Å². The Hall–Kier alpha value is -1.49. The van der Waals surface area contributed by atoms with E-state index in [1.165, 1.54) is 0 Å². The van der Waals surface area contributed by atoms with Crippen molar-refractivity contribution in [2.24, 2.45) is 7.05 Å². The van der Waals surface area contributed by atoms with Crippen LogP contribution in [0.5, 0.6) is 0 Å². The summed E-state index contributed by atoms with van der Waals surface area (Å²) in [5.41, 5.74) is 5.98. The largest absolute Gasteiger partial charge is 0.397 e. The fraction of sp³-hybridized carbons (Fsp3) is 0.583. The van der Waals surface area contributed by atoms with Crippen LogP contribution in [0.4, 0.5) is 5.69 Å². The molecule has 5 nitrogen and oxygen atoms in total. The molecule has 0 saturated heterocycles. The number of hydrogen-bond acceptors (Lipinski definition) is 3. The molecule has 0 bridgehead atoms. The van der Waals surface area contributed by atoms with E-state index < -0.39 is 5.60 Å². The molecular weight excluding hydrogens is 218 g/mol. The summed E-state index contributed by atoms with van der Waals surface area (Å²) in [5, 5.41) is 12.9. The highest BCUT2D eigenvalue weighted by Crippen LogP contribution is 2.28. The average Bonchev–Trinajstić information content (AvgIpc) is 2.83. The monoisotopic (exact) mass is 237 g/mol. The molecule has 5 heteroatoms. The van der Waals surface area contributed by atoms with E-state index in [0.717, 1.165) is 25.7 Å². The van der Waals surface area contributed by atoms with E-state index in [2.05, 4.69) is 5.32 Å². The van der Waals surface area contributed by atoms with Gasteiger partial charge >= 0.3 is 0 Å². The van der Waals surface area contributed by atoms with Crippen LogP contribution in [-0.4, -0.2) is 27.7 Å². The van der Waals surface area contributed by atoms with Crippen LogP contribution in [0, 0.1) is 0 Å². The van der Waals surface area contributed by atoms with Crippen molar-refractivity contribution in [2.75, 3.05) is 12.3 Å². The number of hydrogen-bond donors (Lipinski definition) is 3. The lowest BCUT2D eigenvalue weighted by molar-refractivity contribution is 0.0448. The summed E-state index contributed by atoms with van der Waals surface area (Å²) in [7, 11) is 1.77. The Labute approximate surface area is 101 Å². The molecule has 17 heavy (non-hydrogen) atoms. The maximum absolute atomic E-state index is 11.9. The molecule has 0 unspecified atom stereocenters. The van der Waals surface area contributed by atoms with E-state index in [1.54, 1.807) is 23.9 Å². The van der Waals surface area contributed by atoms with Gasteiger partial charge in [0.1, 0.15) is 5.69 Å². The van der Waals surface area contributed by atoms with Crippen LogP contribution in [0.25, 0.3) is 0 Å². The Balaban J connectivity index is 1.95. The lowest BCUT2D eigenvalue weighted by Gasteiger charge is -2.22. The van der Waals surface area contributed by atoms with E-state index in [9.17, 15) is 9.90 Å². The Morgan fingerprint density at radius 1 is 1.59 bits per heavy atom. The van der Waals surface area contributed by atoms with E-state index in [1.807, 2.05) is 0 Å². The van der Waals surface area contributed by atoms with E-state index in [-0.39, 0.29) is 5.91 Å². The van der Waals surface area contributed by atoms with Gasteiger partial charge in [-0.25, -0.2) is 0 Å². The first-order chi connectivity index (χ1) is 8.00. The Morgan fingerprint density at radius 2 is 2.24 bits per heavy atom. The lowest BCUT2D eigenvalue weighted by Crippen LogP contribution is -2.41. The number of nitrogen functional groups attached to an aromatic ring is 1. The normalized spacial score (nSPS) is 18.2. The van der Waals surface area contributed by atoms with E-state index >= 15 is 0 Å². The summed E-state index contributed by atoms with van der Waals surface area (Å²) >= 11 is 0. The van der Waals surface area contributed by atoms with Gasteiger partial charge in [0.2, 0.25) is 0 Å². The second kappa shape index (κ2) is 4.41. The summed E-state index contributed by atoms with van der Waals surface area (Å²) in [4.78, 5) is 11.9. The van der Waals surface area contributed by atoms with Crippen molar-refractivity contribution < 1.29 is 9.90 Å². The third kappa shape index (κ3) is 2.61. The van der Waals surface area contributed by atoms with Gasteiger partial charge in [-0.05, 0) is 18.9 Å². The highest BCUT2D eigenvalue weighted by Gasteiger charge is 2.31. The number of amides is 1. The highest BCUT2D eigenvalue weighted by atomic mass is 16.3. The standard InChI is InChI=1S/C12H19N3O2/c1-15-7-9(13)6-10(15)11(16)14-8-12(17)4-2-3-5-12/h6-7,17H,2-5,8,13H2,1H3,(H,14,16). The van der Waals surface area contributed by atoms with Crippen molar-refractivity contribution in [3.05, 3.63) is 18.0 Å². The van der Waals surface area contributed by atoms with Crippen molar-refractivity contribution in [3.8, 4) is 0 Å². The van der Waals surface area contributed by atoms with Gasteiger partial charge in [-0.3, -0.25) is 4.79 Å².